The Morgan fingerprint density at radius 2 is 1.91 bits per heavy atom. The lowest BCUT2D eigenvalue weighted by atomic mass is 10.1. The van der Waals surface area contributed by atoms with Crippen LogP contribution in [0.2, 0.25) is 0 Å². The number of benzene rings is 1. The number of fused-ring (bicyclic) bond motifs is 1. The van der Waals surface area contributed by atoms with E-state index in [1.807, 2.05) is 32.2 Å². The number of para-hydroxylation sites is 1. The minimum atomic E-state index is 0.603. The SMILES string of the molecule is COc1nc(C)nc(NCc2cccc3cccnc23)c1C. The van der Waals surface area contributed by atoms with Crippen molar-refractivity contribution >= 4 is 16.7 Å². The summed E-state index contributed by atoms with van der Waals surface area (Å²) in [6.07, 6.45) is 1.81. The zero-order valence-corrected chi connectivity index (χ0v) is 12.9. The standard InChI is InChI=1S/C17H18N4O/c1-11-16(20-12(2)21-17(11)22-3)19-10-14-7-4-6-13-8-5-9-18-15(13)14/h4-9H,10H2,1-3H3,(H,19,20,21). The third-order valence-corrected chi connectivity index (χ3v) is 3.57. The molecule has 112 valence electrons. The number of rotatable bonds is 4. The van der Waals surface area contributed by atoms with E-state index in [2.05, 4.69) is 38.5 Å². The van der Waals surface area contributed by atoms with Gasteiger partial charge in [-0.3, -0.25) is 4.98 Å². The summed E-state index contributed by atoms with van der Waals surface area (Å²) in [5.41, 5.74) is 3.04. The van der Waals surface area contributed by atoms with Crippen molar-refractivity contribution in [2.75, 3.05) is 12.4 Å². The highest BCUT2D eigenvalue weighted by molar-refractivity contribution is 5.81. The van der Waals surface area contributed by atoms with Crippen molar-refractivity contribution in [3.63, 3.8) is 0 Å². The van der Waals surface area contributed by atoms with Crippen molar-refractivity contribution in [1.82, 2.24) is 15.0 Å². The highest BCUT2D eigenvalue weighted by Gasteiger charge is 2.10. The lowest BCUT2D eigenvalue weighted by molar-refractivity contribution is 0.392. The lowest BCUT2D eigenvalue weighted by Crippen LogP contribution is -2.07. The molecule has 0 amide bonds. The summed E-state index contributed by atoms with van der Waals surface area (Å²) in [7, 11) is 1.62. The fraction of sp³-hybridized carbons (Fsp3) is 0.235. The van der Waals surface area contributed by atoms with Crippen molar-refractivity contribution in [3.05, 3.63) is 53.5 Å². The average molecular weight is 294 g/mol. The van der Waals surface area contributed by atoms with Crippen molar-refractivity contribution in [2.24, 2.45) is 0 Å². The van der Waals surface area contributed by atoms with E-state index in [0.717, 1.165) is 27.8 Å². The third-order valence-electron chi connectivity index (χ3n) is 3.57. The molecule has 2 heterocycles. The second kappa shape index (κ2) is 5.97. The van der Waals surface area contributed by atoms with E-state index in [4.69, 9.17) is 4.74 Å². The molecule has 3 aromatic rings. The monoisotopic (exact) mass is 294 g/mol. The summed E-state index contributed by atoms with van der Waals surface area (Å²) in [6, 6.07) is 10.2. The number of nitrogens with one attached hydrogen (secondary N) is 1. The number of hydrogen-bond donors (Lipinski definition) is 1. The Labute approximate surface area is 129 Å². The first kappa shape index (κ1) is 14.3. The van der Waals surface area contributed by atoms with Crippen LogP contribution in [0.1, 0.15) is 17.0 Å². The van der Waals surface area contributed by atoms with Crippen LogP contribution >= 0.6 is 0 Å². The summed E-state index contributed by atoms with van der Waals surface area (Å²) < 4.78 is 5.29. The van der Waals surface area contributed by atoms with Gasteiger partial charge in [0.2, 0.25) is 5.88 Å². The smallest absolute Gasteiger partial charge is 0.221 e. The zero-order chi connectivity index (χ0) is 15.5. The Hall–Kier alpha value is -2.69. The van der Waals surface area contributed by atoms with Crippen LogP contribution in [0, 0.1) is 13.8 Å². The molecular formula is C17H18N4O. The topological polar surface area (TPSA) is 59.9 Å². The molecule has 1 N–H and O–H groups in total. The Bertz CT molecular complexity index is 812. The van der Waals surface area contributed by atoms with Gasteiger partial charge < -0.3 is 10.1 Å². The summed E-state index contributed by atoms with van der Waals surface area (Å²) in [4.78, 5) is 13.2. The molecule has 0 unspecified atom stereocenters. The van der Waals surface area contributed by atoms with Gasteiger partial charge in [0.25, 0.3) is 0 Å². The number of methoxy groups -OCH3 is 1. The van der Waals surface area contributed by atoms with Gasteiger partial charge in [0, 0.05) is 18.1 Å². The molecule has 1 aromatic carbocycles. The minimum absolute atomic E-state index is 0.603. The maximum atomic E-state index is 5.29. The van der Waals surface area contributed by atoms with Crippen LogP contribution in [0.3, 0.4) is 0 Å². The molecule has 2 aromatic heterocycles. The van der Waals surface area contributed by atoms with Gasteiger partial charge in [-0.05, 0) is 25.5 Å². The fourth-order valence-electron chi connectivity index (χ4n) is 2.46. The molecule has 0 saturated heterocycles. The molecule has 0 atom stereocenters. The van der Waals surface area contributed by atoms with Crippen LogP contribution < -0.4 is 10.1 Å². The number of hydrogen-bond acceptors (Lipinski definition) is 5. The second-order valence-corrected chi connectivity index (χ2v) is 5.10. The molecule has 0 aliphatic rings. The largest absolute Gasteiger partial charge is 0.481 e. The van der Waals surface area contributed by atoms with E-state index in [0.29, 0.717) is 18.2 Å². The quantitative estimate of drug-likeness (QED) is 0.800. The summed E-state index contributed by atoms with van der Waals surface area (Å²) >= 11 is 0. The van der Waals surface area contributed by atoms with Gasteiger partial charge >= 0.3 is 0 Å². The zero-order valence-electron chi connectivity index (χ0n) is 12.9. The number of pyridine rings is 1. The fourth-order valence-corrected chi connectivity index (χ4v) is 2.46. The van der Waals surface area contributed by atoms with E-state index >= 15 is 0 Å². The van der Waals surface area contributed by atoms with Crippen LogP contribution in [-0.2, 0) is 6.54 Å². The molecule has 0 aliphatic carbocycles. The Morgan fingerprint density at radius 3 is 2.73 bits per heavy atom. The number of ether oxygens (including phenoxy) is 1. The first-order chi connectivity index (χ1) is 10.7. The van der Waals surface area contributed by atoms with Gasteiger partial charge in [-0.15, -0.1) is 0 Å². The molecule has 0 bridgehead atoms. The van der Waals surface area contributed by atoms with Crippen LogP contribution in [0.15, 0.2) is 36.5 Å². The first-order valence-corrected chi connectivity index (χ1v) is 7.15. The van der Waals surface area contributed by atoms with Gasteiger partial charge in [0.15, 0.2) is 0 Å². The van der Waals surface area contributed by atoms with Crippen LogP contribution in [-0.4, -0.2) is 22.1 Å². The van der Waals surface area contributed by atoms with Crippen molar-refractivity contribution < 1.29 is 4.74 Å². The minimum Gasteiger partial charge on any atom is -0.481 e. The predicted octanol–water partition coefficient (Wildman–Crippen LogP) is 3.26. The molecule has 0 radical (unpaired) electrons. The number of aromatic nitrogens is 3. The Morgan fingerprint density at radius 1 is 1.09 bits per heavy atom. The van der Waals surface area contributed by atoms with Gasteiger partial charge in [-0.1, -0.05) is 24.3 Å². The molecule has 0 spiro atoms. The molecule has 3 rings (SSSR count). The van der Waals surface area contributed by atoms with E-state index < -0.39 is 0 Å². The normalized spacial score (nSPS) is 10.7. The van der Waals surface area contributed by atoms with Crippen molar-refractivity contribution in [1.29, 1.82) is 0 Å². The molecule has 5 nitrogen and oxygen atoms in total. The molecule has 22 heavy (non-hydrogen) atoms. The van der Waals surface area contributed by atoms with Crippen molar-refractivity contribution in [3.8, 4) is 5.88 Å². The van der Waals surface area contributed by atoms with E-state index in [1.54, 1.807) is 7.11 Å². The Balaban J connectivity index is 1.90. The first-order valence-electron chi connectivity index (χ1n) is 7.15. The lowest BCUT2D eigenvalue weighted by Gasteiger charge is -2.12. The van der Waals surface area contributed by atoms with Gasteiger partial charge in [0.1, 0.15) is 11.6 Å². The van der Waals surface area contributed by atoms with Crippen molar-refractivity contribution in [2.45, 2.75) is 20.4 Å². The average Bonchev–Trinajstić information content (AvgIpc) is 2.55. The molecule has 0 saturated carbocycles. The van der Waals surface area contributed by atoms with Crippen LogP contribution in [0.5, 0.6) is 5.88 Å². The van der Waals surface area contributed by atoms with E-state index in [1.165, 1.54) is 0 Å². The van der Waals surface area contributed by atoms with E-state index in [9.17, 15) is 0 Å². The van der Waals surface area contributed by atoms with E-state index in [-0.39, 0.29) is 0 Å². The molecule has 0 fully saturated rings. The summed E-state index contributed by atoms with van der Waals surface area (Å²) in [6.45, 7) is 4.45. The second-order valence-electron chi connectivity index (χ2n) is 5.10. The van der Waals surface area contributed by atoms with Gasteiger partial charge in [0.05, 0.1) is 18.2 Å². The third kappa shape index (κ3) is 2.70. The number of aryl methyl sites for hydroxylation is 1. The number of anilines is 1. The molecule has 5 heteroatoms. The van der Waals surface area contributed by atoms with Crippen LogP contribution in [0.4, 0.5) is 5.82 Å². The van der Waals surface area contributed by atoms with Gasteiger partial charge in [-0.25, -0.2) is 4.98 Å². The highest BCUT2D eigenvalue weighted by atomic mass is 16.5. The van der Waals surface area contributed by atoms with Crippen LogP contribution in [0.25, 0.3) is 10.9 Å². The molecular weight excluding hydrogens is 276 g/mol. The summed E-state index contributed by atoms with van der Waals surface area (Å²) in [5.74, 6) is 2.07. The maximum absolute atomic E-state index is 5.29. The molecule has 0 aliphatic heterocycles. The number of nitrogens with zero attached hydrogens (tertiary/aromatic N) is 3. The highest BCUT2D eigenvalue weighted by Crippen LogP contribution is 2.23. The predicted molar refractivity (Wildman–Crippen MR) is 87.1 cm³/mol. The Kier molecular flexibility index (Phi) is 3.87. The van der Waals surface area contributed by atoms with Gasteiger partial charge in [-0.2, -0.15) is 4.98 Å². The summed E-state index contributed by atoms with van der Waals surface area (Å²) in [5, 5.41) is 4.50. The maximum Gasteiger partial charge on any atom is 0.221 e.